The number of benzene rings is 1. The minimum atomic E-state index is -0.731. The number of hydrogen-bond acceptors (Lipinski definition) is 2. The van der Waals surface area contributed by atoms with E-state index >= 15 is 0 Å². The van der Waals surface area contributed by atoms with Crippen molar-refractivity contribution in [3.05, 3.63) is 59.7 Å². The molecule has 0 saturated heterocycles. The summed E-state index contributed by atoms with van der Waals surface area (Å²) in [5.41, 5.74) is 1.30. The topological polar surface area (TPSA) is 45.6 Å². The first kappa shape index (κ1) is 28.2. The summed E-state index contributed by atoms with van der Waals surface area (Å²) in [6.07, 6.45) is 8.14. The molecule has 1 aliphatic carbocycles. The zero-order chi connectivity index (χ0) is 26.3. The van der Waals surface area contributed by atoms with Crippen molar-refractivity contribution in [3.8, 4) is 0 Å². The van der Waals surface area contributed by atoms with Crippen molar-refractivity contribution < 1.29 is 14.0 Å². The van der Waals surface area contributed by atoms with Crippen LogP contribution in [0.3, 0.4) is 0 Å². The molecule has 1 fully saturated rings. The molecule has 1 aliphatic rings. The highest BCUT2D eigenvalue weighted by Gasteiger charge is 2.36. The molecule has 0 spiro atoms. The maximum Gasteiger partial charge on any atom is 0.242 e. The molecule has 7 heteroatoms. The maximum atomic E-state index is 13.9. The third-order valence-electron chi connectivity index (χ3n) is 7.46. The number of carbonyl (C=O) groups is 2. The highest BCUT2D eigenvalue weighted by molar-refractivity contribution is 6.19. The second-order valence-electron chi connectivity index (χ2n) is 10.8. The smallest absolute Gasteiger partial charge is 0.242 e. The fourth-order valence-electron chi connectivity index (χ4n) is 4.85. The van der Waals surface area contributed by atoms with Gasteiger partial charge in [0, 0.05) is 36.4 Å². The standard InChI is InChI=1S/C29H41ClFN3O2/c1-5-22(2)33(28(36)29(3,4)21-30)20-27(35)34(25-10-7-6-8-11-25)19-26-12-9-17-32(26)18-23-13-15-24(31)16-14-23/h9,12-17,22,25H,5-8,10-11,18-21H2,1-4H3. The SMILES string of the molecule is CCC(C)N(CC(=O)N(Cc1cccn1Cc1ccc(F)cc1)C1CCCCC1)C(=O)C(C)(C)CCl. The van der Waals surface area contributed by atoms with E-state index in [0.29, 0.717) is 13.1 Å². The quantitative estimate of drug-likeness (QED) is 0.332. The number of rotatable bonds is 11. The van der Waals surface area contributed by atoms with Gasteiger partial charge in [0.15, 0.2) is 0 Å². The summed E-state index contributed by atoms with van der Waals surface area (Å²) in [5.74, 6) is -0.145. The average molecular weight is 518 g/mol. The normalized spacial score (nSPS) is 15.5. The van der Waals surface area contributed by atoms with E-state index in [1.54, 1.807) is 17.0 Å². The number of hydrogen-bond donors (Lipinski definition) is 0. The number of nitrogens with zero attached hydrogens (tertiary/aromatic N) is 3. The molecule has 5 nitrogen and oxygen atoms in total. The van der Waals surface area contributed by atoms with Crippen molar-refractivity contribution >= 4 is 23.4 Å². The molecule has 0 aliphatic heterocycles. The van der Waals surface area contributed by atoms with Crippen LogP contribution in [0, 0.1) is 11.2 Å². The monoisotopic (exact) mass is 517 g/mol. The lowest BCUT2D eigenvalue weighted by Crippen LogP contribution is -2.52. The number of aromatic nitrogens is 1. The van der Waals surface area contributed by atoms with Crippen LogP contribution in [-0.2, 0) is 22.7 Å². The zero-order valence-electron chi connectivity index (χ0n) is 22.2. The molecule has 1 aromatic heterocycles. The van der Waals surface area contributed by atoms with Crippen LogP contribution in [0.15, 0.2) is 42.6 Å². The first-order valence-electron chi connectivity index (χ1n) is 13.2. The lowest BCUT2D eigenvalue weighted by molar-refractivity contribution is -0.149. The maximum absolute atomic E-state index is 13.9. The largest absolute Gasteiger partial charge is 0.345 e. The molecule has 2 aromatic rings. The summed E-state index contributed by atoms with van der Waals surface area (Å²) in [7, 11) is 0. The van der Waals surface area contributed by atoms with Gasteiger partial charge in [-0.3, -0.25) is 9.59 Å². The second kappa shape index (κ2) is 12.8. The van der Waals surface area contributed by atoms with E-state index in [4.69, 9.17) is 11.6 Å². The van der Waals surface area contributed by atoms with E-state index in [0.717, 1.165) is 43.4 Å². The number of carbonyl (C=O) groups excluding carboxylic acids is 2. The van der Waals surface area contributed by atoms with E-state index < -0.39 is 5.41 Å². The highest BCUT2D eigenvalue weighted by atomic mass is 35.5. The summed E-state index contributed by atoms with van der Waals surface area (Å²) in [6.45, 7) is 8.85. The third-order valence-corrected chi connectivity index (χ3v) is 8.13. The molecular weight excluding hydrogens is 477 g/mol. The molecule has 1 aromatic carbocycles. The molecule has 0 N–H and O–H groups in total. The van der Waals surface area contributed by atoms with Gasteiger partial charge in [-0.2, -0.15) is 0 Å². The minimum Gasteiger partial charge on any atom is -0.345 e. The van der Waals surface area contributed by atoms with Gasteiger partial charge in [0.05, 0.1) is 12.0 Å². The summed E-state index contributed by atoms with van der Waals surface area (Å²) in [5, 5.41) is 0. The van der Waals surface area contributed by atoms with E-state index in [1.807, 2.05) is 50.9 Å². The Hall–Kier alpha value is -2.34. The van der Waals surface area contributed by atoms with Crippen LogP contribution >= 0.6 is 11.6 Å². The molecule has 0 radical (unpaired) electrons. The Morgan fingerprint density at radius 2 is 1.81 bits per heavy atom. The van der Waals surface area contributed by atoms with Crippen LogP contribution in [0.5, 0.6) is 0 Å². The summed E-state index contributed by atoms with van der Waals surface area (Å²) in [6, 6.07) is 10.7. The molecule has 2 amide bonds. The number of alkyl halides is 1. The van der Waals surface area contributed by atoms with Crippen LogP contribution in [0.2, 0.25) is 0 Å². The fourth-order valence-corrected chi connectivity index (χ4v) is 4.97. The van der Waals surface area contributed by atoms with Gasteiger partial charge in [-0.15, -0.1) is 11.6 Å². The third kappa shape index (κ3) is 7.12. The first-order valence-corrected chi connectivity index (χ1v) is 13.7. The number of amides is 2. The van der Waals surface area contributed by atoms with Gasteiger partial charge in [0.2, 0.25) is 11.8 Å². The molecule has 3 rings (SSSR count). The van der Waals surface area contributed by atoms with Gasteiger partial charge < -0.3 is 14.4 Å². The van der Waals surface area contributed by atoms with E-state index in [-0.39, 0.29) is 42.1 Å². The molecule has 1 saturated carbocycles. The van der Waals surface area contributed by atoms with E-state index in [9.17, 15) is 14.0 Å². The van der Waals surface area contributed by atoms with Crippen molar-refractivity contribution in [2.45, 2.75) is 91.4 Å². The van der Waals surface area contributed by atoms with Gasteiger partial charge in [-0.1, -0.05) is 38.3 Å². The zero-order valence-corrected chi connectivity index (χ0v) is 22.9. The lowest BCUT2D eigenvalue weighted by atomic mass is 9.92. The minimum absolute atomic E-state index is 0.0181. The molecule has 198 valence electrons. The van der Waals surface area contributed by atoms with E-state index in [2.05, 4.69) is 4.57 Å². The Kier molecular flexibility index (Phi) is 10.0. The predicted molar refractivity (Wildman–Crippen MR) is 143 cm³/mol. The Balaban J connectivity index is 1.84. The summed E-state index contributed by atoms with van der Waals surface area (Å²) >= 11 is 6.12. The molecule has 0 bridgehead atoms. The van der Waals surface area contributed by atoms with Crippen LogP contribution in [0.4, 0.5) is 4.39 Å². The average Bonchev–Trinajstić information content (AvgIpc) is 3.33. The summed E-state index contributed by atoms with van der Waals surface area (Å²) < 4.78 is 15.5. The first-order chi connectivity index (χ1) is 17.2. The summed E-state index contributed by atoms with van der Waals surface area (Å²) in [4.78, 5) is 31.0. The van der Waals surface area contributed by atoms with Crippen molar-refractivity contribution in [3.63, 3.8) is 0 Å². The van der Waals surface area contributed by atoms with Gasteiger partial charge in [0.25, 0.3) is 0 Å². The second-order valence-corrected chi connectivity index (χ2v) is 11.0. The van der Waals surface area contributed by atoms with Crippen LogP contribution < -0.4 is 0 Å². The van der Waals surface area contributed by atoms with Crippen molar-refractivity contribution in [2.75, 3.05) is 12.4 Å². The Labute approximate surface area is 220 Å². The molecule has 36 heavy (non-hydrogen) atoms. The Bertz CT molecular complexity index is 998. The lowest BCUT2D eigenvalue weighted by Gasteiger charge is -2.39. The van der Waals surface area contributed by atoms with Crippen LogP contribution in [-0.4, -0.2) is 50.7 Å². The van der Waals surface area contributed by atoms with Crippen LogP contribution in [0.25, 0.3) is 0 Å². The van der Waals surface area contributed by atoms with Crippen molar-refractivity contribution in [1.82, 2.24) is 14.4 Å². The predicted octanol–water partition coefficient (Wildman–Crippen LogP) is 6.23. The molecule has 1 unspecified atom stereocenters. The Morgan fingerprint density at radius 1 is 1.14 bits per heavy atom. The van der Waals surface area contributed by atoms with Crippen molar-refractivity contribution in [2.24, 2.45) is 5.41 Å². The Morgan fingerprint density at radius 3 is 2.42 bits per heavy atom. The molecular formula is C29H41ClFN3O2. The van der Waals surface area contributed by atoms with Gasteiger partial charge >= 0.3 is 0 Å². The molecule has 1 heterocycles. The highest BCUT2D eigenvalue weighted by Crippen LogP contribution is 2.27. The fraction of sp³-hybridized carbons (Fsp3) is 0.586. The number of halogens is 2. The van der Waals surface area contributed by atoms with Gasteiger partial charge in [-0.25, -0.2) is 4.39 Å². The van der Waals surface area contributed by atoms with Gasteiger partial charge in [-0.05, 0) is 69.9 Å². The van der Waals surface area contributed by atoms with Gasteiger partial charge in [0.1, 0.15) is 12.4 Å². The van der Waals surface area contributed by atoms with Crippen LogP contribution in [0.1, 0.15) is 77.5 Å². The van der Waals surface area contributed by atoms with E-state index in [1.165, 1.54) is 18.6 Å². The molecule has 1 atom stereocenters. The van der Waals surface area contributed by atoms with Crippen molar-refractivity contribution in [1.29, 1.82) is 0 Å².